The Morgan fingerprint density at radius 2 is 1.88 bits per heavy atom. The molecule has 1 aromatic rings. The third-order valence-electron chi connectivity index (χ3n) is 2.94. The lowest BCUT2D eigenvalue weighted by Crippen LogP contribution is -2.42. The monoisotopic (exact) mass is 232 g/mol. The van der Waals surface area contributed by atoms with E-state index < -0.39 is 5.79 Å². The summed E-state index contributed by atoms with van der Waals surface area (Å²) < 4.78 is 11.2. The van der Waals surface area contributed by atoms with Gasteiger partial charge in [0.1, 0.15) is 13.2 Å². The average molecular weight is 232 g/mol. The van der Waals surface area contributed by atoms with Crippen LogP contribution in [0.4, 0.5) is 0 Å². The van der Waals surface area contributed by atoms with E-state index in [0.717, 1.165) is 12.8 Å². The largest absolute Gasteiger partial charge is 0.361 e. The molecule has 1 fully saturated rings. The zero-order valence-corrected chi connectivity index (χ0v) is 9.93. The number of hydrogen-bond acceptors (Lipinski definition) is 2. The smallest absolute Gasteiger partial charge is 0.319 e. The lowest BCUT2D eigenvalue weighted by Gasteiger charge is -2.32. The van der Waals surface area contributed by atoms with Crippen molar-refractivity contribution in [2.75, 3.05) is 13.2 Å². The molecule has 2 rings (SSSR count). The maximum absolute atomic E-state index is 8.60. The Balaban J connectivity index is 1.89. The van der Waals surface area contributed by atoms with Crippen molar-refractivity contribution in [3.8, 4) is 0 Å². The molecule has 0 bridgehead atoms. The molecule has 0 atom stereocenters. The van der Waals surface area contributed by atoms with Gasteiger partial charge in [-0.05, 0) is 18.9 Å². The van der Waals surface area contributed by atoms with Gasteiger partial charge in [0, 0.05) is 6.42 Å². The van der Waals surface area contributed by atoms with Crippen molar-refractivity contribution in [2.45, 2.75) is 25.6 Å². The van der Waals surface area contributed by atoms with Crippen molar-refractivity contribution in [3.05, 3.63) is 41.4 Å². The summed E-state index contributed by atoms with van der Waals surface area (Å²) in [5.74, 6) is -0.579. The summed E-state index contributed by atoms with van der Waals surface area (Å²) in [6, 6.07) is 10.2. The van der Waals surface area contributed by atoms with Gasteiger partial charge in [0.15, 0.2) is 5.79 Å². The van der Waals surface area contributed by atoms with E-state index in [4.69, 9.17) is 15.0 Å². The fourth-order valence-corrected chi connectivity index (χ4v) is 1.77. The molecule has 4 heteroatoms. The summed E-state index contributed by atoms with van der Waals surface area (Å²) in [4.78, 5) is 3.10. The lowest BCUT2D eigenvalue weighted by atomic mass is 10.0. The normalized spacial score (nSPS) is 24.4. The van der Waals surface area contributed by atoms with E-state index in [-0.39, 0.29) is 0 Å². The molecule has 0 aromatic heterocycles. The van der Waals surface area contributed by atoms with Gasteiger partial charge in [-0.15, -0.1) is 0 Å². The van der Waals surface area contributed by atoms with Crippen LogP contribution in [0.25, 0.3) is 5.53 Å². The summed E-state index contributed by atoms with van der Waals surface area (Å²) in [6.45, 7) is 2.59. The first kappa shape index (κ1) is 12.0. The molecule has 90 valence electrons. The maximum atomic E-state index is 8.60. The standard InChI is InChI=1S/C13H16N2O2/c1-13(16-9-12(15-14)10-17-13)8-7-11-5-3-2-4-6-11/h2-6H,7-10H2,1H3. The first-order chi connectivity index (χ1) is 8.22. The highest BCUT2D eigenvalue weighted by Gasteiger charge is 2.33. The highest BCUT2D eigenvalue weighted by Crippen LogP contribution is 2.23. The summed E-state index contributed by atoms with van der Waals surface area (Å²) in [5, 5.41) is 0. The fraction of sp³-hybridized carbons (Fsp3) is 0.462. The Bertz CT molecular complexity index is 414. The van der Waals surface area contributed by atoms with Gasteiger partial charge in [0.25, 0.3) is 0 Å². The van der Waals surface area contributed by atoms with E-state index >= 15 is 0 Å². The number of aryl methyl sites for hydroxylation is 1. The number of nitrogens with zero attached hydrogens (tertiary/aromatic N) is 2. The Labute approximate surface area is 101 Å². The first-order valence-electron chi connectivity index (χ1n) is 5.73. The molecule has 0 amide bonds. The summed E-state index contributed by atoms with van der Waals surface area (Å²) in [5.41, 5.74) is 10.4. The predicted molar refractivity (Wildman–Crippen MR) is 63.7 cm³/mol. The molecule has 0 saturated carbocycles. The van der Waals surface area contributed by atoms with Gasteiger partial charge in [0.2, 0.25) is 0 Å². The molecule has 0 aliphatic carbocycles. The molecule has 0 spiro atoms. The highest BCUT2D eigenvalue weighted by molar-refractivity contribution is 5.81. The minimum atomic E-state index is -0.579. The molecule has 1 aromatic carbocycles. The van der Waals surface area contributed by atoms with Crippen LogP contribution in [0.2, 0.25) is 0 Å². The van der Waals surface area contributed by atoms with E-state index in [1.807, 2.05) is 25.1 Å². The average Bonchev–Trinajstić information content (AvgIpc) is 2.39. The van der Waals surface area contributed by atoms with Gasteiger partial charge in [0.05, 0.1) is 0 Å². The number of benzene rings is 1. The third kappa shape index (κ3) is 3.24. The van der Waals surface area contributed by atoms with Crippen molar-refractivity contribution in [1.29, 1.82) is 0 Å². The van der Waals surface area contributed by atoms with E-state index in [2.05, 4.69) is 16.9 Å². The molecule has 1 aliphatic heterocycles. The quantitative estimate of drug-likeness (QED) is 0.591. The molecular formula is C13H16N2O2. The van der Waals surface area contributed by atoms with Crippen LogP contribution in [0.3, 0.4) is 0 Å². The topological polar surface area (TPSA) is 54.9 Å². The van der Waals surface area contributed by atoms with Crippen molar-refractivity contribution < 1.29 is 14.3 Å². The fourth-order valence-electron chi connectivity index (χ4n) is 1.77. The van der Waals surface area contributed by atoms with Gasteiger partial charge >= 0.3 is 5.71 Å². The zero-order chi connectivity index (χ0) is 12.1. The molecule has 0 N–H and O–H groups in total. The Kier molecular flexibility index (Phi) is 3.69. The van der Waals surface area contributed by atoms with Crippen LogP contribution in [0.15, 0.2) is 30.3 Å². The van der Waals surface area contributed by atoms with Crippen molar-refractivity contribution in [3.63, 3.8) is 0 Å². The van der Waals surface area contributed by atoms with Gasteiger partial charge in [-0.1, -0.05) is 30.3 Å². The maximum Gasteiger partial charge on any atom is 0.319 e. The van der Waals surface area contributed by atoms with E-state index in [9.17, 15) is 0 Å². The number of rotatable bonds is 3. The molecular weight excluding hydrogens is 216 g/mol. The van der Waals surface area contributed by atoms with Crippen LogP contribution in [0.5, 0.6) is 0 Å². The first-order valence-corrected chi connectivity index (χ1v) is 5.73. The SMILES string of the molecule is CC1(CCc2ccccc2)OCC(=[N+]=[N-])CO1. The molecule has 17 heavy (non-hydrogen) atoms. The minimum absolute atomic E-state index is 0.335. The van der Waals surface area contributed by atoms with Crippen LogP contribution in [-0.2, 0) is 15.9 Å². The third-order valence-corrected chi connectivity index (χ3v) is 2.94. The van der Waals surface area contributed by atoms with Crippen molar-refractivity contribution in [1.82, 2.24) is 0 Å². The zero-order valence-electron chi connectivity index (χ0n) is 9.93. The molecule has 1 heterocycles. The molecule has 4 nitrogen and oxygen atoms in total. The predicted octanol–water partition coefficient (Wildman–Crippen LogP) is 2.05. The molecule has 1 saturated heterocycles. The number of hydrogen-bond donors (Lipinski definition) is 0. The van der Waals surface area contributed by atoms with Crippen LogP contribution in [-0.4, -0.2) is 29.5 Å². The summed E-state index contributed by atoms with van der Waals surface area (Å²) in [7, 11) is 0. The second-order valence-electron chi connectivity index (χ2n) is 4.36. The second kappa shape index (κ2) is 5.23. The Morgan fingerprint density at radius 1 is 1.24 bits per heavy atom. The van der Waals surface area contributed by atoms with Crippen LogP contribution in [0, 0.1) is 0 Å². The van der Waals surface area contributed by atoms with E-state index in [1.165, 1.54) is 5.56 Å². The van der Waals surface area contributed by atoms with Crippen LogP contribution in [0.1, 0.15) is 18.9 Å². The van der Waals surface area contributed by atoms with Gasteiger partial charge in [-0.25, -0.2) is 0 Å². The van der Waals surface area contributed by atoms with E-state index in [1.54, 1.807) is 0 Å². The van der Waals surface area contributed by atoms with Crippen LogP contribution < -0.4 is 0 Å². The molecule has 1 aliphatic rings. The molecule has 0 unspecified atom stereocenters. The van der Waals surface area contributed by atoms with Gasteiger partial charge in [-0.2, -0.15) is 4.79 Å². The molecule has 0 radical (unpaired) electrons. The summed E-state index contributed by atoms with van der Waals surface area (Å²) >= 11 is 0. The Morgan fingerprint density at radius 3 is 2.47 bits per heavy atom. The van der Waals surface area contributed by atoms with Crippen molar-refractivity contribution in [2.24, 2.45) is 0 Å². The Hall–Kier alpha value is -1.48. The van der Waals surface area contributed by atoms with Crippen LogP contribution >= 0.6 is 0 Å². The van der Waals surface area contributed by atoms with Crippen molar-refractivity contribution >= 4 is 5.71 Å². The number of ether oxygens (including phenoxy) is 2. The minimum Gasteiger partial charge on any atom is -0.361 e. The van der Waals surface area contributed by atoms with Gasteiger partial charge < -0.3 is 15.0 Å². The highest BCUT2D eigenvalue weighted by atomic mass is 16.7. The second-order valence-corrected chi connectivity index (χ2v) is 4.36. The summed E-state index contributed by atoms with van der Waals surface area (Å²) in [6.07, 6.45) is 1.69. The lowest BCUT2D eigenvalue weighted by molar-refractivity contribution is -0.237. The van der Waals surface area contributed by atoms with Gasteiger partial charge in [-0.3, -0.25) is 0 Å². The van der Waals surface area contributed by atoms with E-state index in [0.29, 0.717) is 18.9 Å².